The largest absolute Gasteiger partial charge is 0.493 e. The van der Waals surface area contributed by atoms with Gasteiger partial charge in [-0.1, -0.05) is 0 Å². The molecule has 6 nitrogen and oxygen atoms in total. The second-order valence-corrected chi connectivity index (χ2v) is 6.44. The van der Waals surface area contributed by atoms with Gasteiger partial charge in [-0.2, -0.15) is 9.37 Å². The third kappa shape index (κ3) is 4.30. The van der Waals surface area contributed by atoms with E-state index in [-0.39, 0.29) is 40.8 Å². The smallest absolute Gasteiger partial charge is 0.310 e. The number of ether oxygens (including phenoxy) is 2. The number of hydrogen-bond donors (Lipinski definition) is 1. The second-order valence-electron chi connectivity index (χ2n) is 6.44. The zero-order valence-corrected chi connectivity index (χ0v) is 16.5. The highest BCUT2D eigenvalue weighted by Gasteiger charge is 2.19. The van der Waals surface area contributed by atoms with E-state index < -0.39 is 34.6 Å². The Hall–Kier alpha value is -3.63. The monoisotopic (exact) mass is 441 g/mol. The highest BCUT2D eigenvalue weighted by atomic mass is 19.2. The zero-order valence-electron chi connectivity index (χ0n) is 16.5. The third-order valence-electron chi connectivity index (χ3n) is 4.45. The SMILES string of the molecule is COc1cc(Nc2nc(=O)c(F)cn2Cc2cc(F)c(F)c(F)c2)c(C)c(F)c1OC. The van der Waals surface area contributed by atoms with Gasteiger partial charge >= 0.3 is 5.56 Å². The maximum Gasteiger partial charge on any atom is 0.310 e. The molecule has 0 aliphatic carbocycles. The van der Waals surface area contributed by atoms with Crippen LogP contribution in [-0.4, -0.2) is 23.8 Å². The summed E-state index contributed by atoms with van der Waals surface area (Å²) in [4.78, 5) is 15.3. The molecule has 0 unspecified atom stereocenters. The van der Waals surface area contributed by atoms with Crippen LogP contribution in [0.3, 0.4) is 0 Å². The molecule has 2 aromatic carbocycles. The first-order chi connectivity index (χ1) is 14.7. The van der Waals surface area contributed by atoms with E-state index in [0.29, 0.717) is 0 Å². The van der Waals surface area contributed by atoms with Crippen LogP contribution in [0.5, 0.6) is 11.5 Å². The molecule has 1 aromatic heterocycles. The standard InChI is InChI=1S/C20H16F5N3O3/c1-9-14(6-15(30-2)18(31-3)16(9)24)26-20-27-19(29)13(23)8-28(20)7-10-4-11(21)17(25)12(22)5-10/h4-6,8H,7H2,1-3H3,(H,26,27,29). The summed E-state index contributed by atoms with van der Waals surface area (Å²) in [5, 5.41) is 2.68. The molecular weight excluding hydrogens is 425 g/mol. The third-order valence-corrected chi connectivity index (χ3v) is 4.45. The van der Waals surface area contributed by atoms with Crippen molar-refractivity contribution in [3.8, 4) is 11.5 Å². The second kappa shape index (κ2) is 8.62. The number of hydrogen-bond acceptors (Lipinski definition) is 5. The fourth-order valence-corrected chi connectivity index (χ4v) is 2.88. The molecule has 3 aromatic rings. The summed E-state index contributed by atoms with van der Waals surface area (Å²) >= 11 is 0. The Labute approximate surface area is 172 Å². The highest BCUT2D eigenvalue weighted by Crippen LogP contribution is 2.37. The molecule has 3 rings (SSSR count). The zero-order chi connectivity index (χ0) is 22.9. The van der Waals surface area contributed by atoms with Gasteiger partial charge in [-0.05, 0) is 24.6 Å². The van der Waals surface area contributed by atoms with Gasteiger partial charge in [0.2, 0.25) is 11.8 Å². The predicted octanol–water partition coefficient (Wildman–Crippen LogP) is 4.06. The van der Waals surface area contributed by atoms with E-state index in [2.05, 4.69) is 10.3 Å². The molecule has 0 spiro atoms. The molecule has 0 bridgehead atoms. The molecule has 164 valence electrons. The number of anilines is 2. The Bertz CT molecular complexity index is 1190. The molecule has 0 aliphatic rings. The topological polar surface area (TPSA) is 65.4 Å². The lowest BCUT2D eigenvalue weighted by Gasteiger charge is -2.18. The van der Waals surface area contributed by atoms with Gasteiger partial charge in [0.05, 0.1) is 26.5 Å². The van der Waals surface area contributed by atoms with Gasteiger partial charge in [0.25, 0.3) is 0 Å². The van der Waals surface area contributed by atoms with Crippen molar-refractivity contribution in [3.05, 3.63) is 75.0 Å². The van der Waals surface area contributed by atoms with Crippen molar-refractivity contribution in [2.75, 3.05) is 19.5 Å². The molecule has 1 N–H and O–H groups in total. The Balaban J connectivity index is 2.08. The fourth-order valence-electron chi connectivity index (χ4n) is 2.88. The van der Waals surface area contributed by atoms with Gasteiger partial charge in [-0.25, -0.2) is 17.6 Å². The molecule has 0 atom stereocenters. The lowest BCUT2D eigenvalue weighted by molar-refractivity contribution is 0.337. The summed E-state index contributed by atoms with van der Waals surface area (Å²) < 4.78 is 79.8. The molecule has 0 radical (unpaired) electrons. The van der Waals surface area contributed by atoms with Crippen LogP contribution in [0.2, 0.25) is 0 Å². The normalized spacial score (nSPS) is 10.8. The van der Waals surface area contributed by atoms with Crippen molar-refractivity contribution < 1.29 is 31.4 Å². The Morgan fingerprint density at radius 1 is 0.968 bits per heavy atom. The van der Waals surface area contributed by atoms with E-state index in [1.807, 2.05) is 0 Å². The van der Waals surface area contributed by atoms with Crippen LogP contribution in [-0.2, 0) is 6.54 Å². The van der Waals surface area contributed by atoms with Gasteiger partial charge in [0, 0.05) is 17.8 Å². The molecular formula is C20H16F5N3O3. The summed E-state index contributed by atoms with van der Waals surface area (Å²) in [5.41, 5.74) is -1.10. The van der Waals surface area contributed by atoms with E-state index in [1.54, 1.807) is 0 Å². The molecule has 1 heterocycles. The van der Waals surface area contributed by atoms with Gasteiger partial charge in [0.15, 0.2) is 34.8 Å². The Kier molecular flexibility index (Phi) is 6.14. The van der Waals surface area contributed by atoms with E-state index in [9.17, 15) is 26.7 Å². The first-order valence-corrected chi connectivity index (χ1v) is 8.74. The summed E-state index contributed by atoms with van der Waals surface area (Å²) in [6.07, 6.45) is 0.753. The molecule has 0 aliphatic heterocycles. The lowest BCUT2D eigenvalue weighted by Crippen LogP contribution is -2.20. The van der Waals surface area contributed by atoms with Crippen molar-refractivity contribution >= 4 is 11.6 Å². The number of nitrogens with one attached hydrogen (secondary N) is 1. The quantitative estimate of drug-likeness (QED) is 0.462. The fraction of sp³-hybridized carbons (Fsp3) is 0.200. The van der Waals surface area contributed by atoms with Crippen molar-refractivity contribution in [1.29, 1.82) is 0 Å². The molecule has 11 heteroatoms. The molecule has 0 amide bonds. The average Bonchev–Trinajstić information content (AvgIpc) is 2.72. The minimum atomic E-state index is -1.65. The summed E-state index contributed by atoms with van der Waals surface area (Å²) in [6, 6.07) is 2.81. The van der Waals surface area contributed by atoms with Crippen molar-refractivity contribution in [2.24, 2.45) is 0 Å². The lowest BCUT2D eigenvalue weighted by atomic mass is 10.1. The van der Waals surface area contributed by atoms with Crippen LogP contribution in [0.25, 0.3) is 0 Å². The van der Waals surface area contributed by atoms with E-state index in [1.165, 1.54) is 27.2 Å². The number of halogens is 5. The number of nitrogens with zero attached hydrogens (tertiary/aromatic N) is 2. The van der Waals surface area contributed by atoms with Crippen LogP contribution < -0.4 is 20.3 Å². The molecule has 0 saturated heterocycles. The van der Waals surface area contributed by atoms with E-state index >= 15 is 0 Å². The number of benzene rings is 2. The Morgan fingerprint density at radius 2 is 1.61 bits per heavy atom. The maximum absolute atomic E-state index is 14.6. The van der Waals surface area contributed by atoms with Crippen molar-refractivity contribution in [1.82, 2.24) is 9.55 Å². The van der Waals surface area contributed by atoms with Crippen LogP contribution >= 0.6 is 0 Å². The number of methoxy groups -OCH3 is 2. The summed E-state index contributed by atoms with van der Waals surface area (Å²) in [5.74, 6) is -6.87. The predicted molar refractivity (Wildman–Crippen MR) is 101 cm³/mol. The van der Waals surface area contributed by atoms with Crippen LogP contribution in [0.4, 0.5) is 33.6 Å². The van der Waals surface area contributed by atoms with Gasteiger partial charge < -0.3 is 19.4 Å². The minimum Gasteiger partial charge on any atom is -0.493 e. The molecule has 31 heavy (non-hydrogen) atoms. The van der Waals surface area contributed by atoms with Crippen LogP contribution in [0, 0.1) is 36.0 Å². The van der Waals surface area contributed by atoms with E-state index in [4.69, 9.17) is 9.47 Å². The van der Waals surface area contributed by atoms with Gasteiger partial charge in [-0.15, -0.1) is 0 Å². The molecule has 0 saturated carbocycles. The van der Waals surface area contributed by atoms with Crippen molar-refractivity contribution in [3.63, 3.8) is 0 Å². The first kappa shape index (κ1) is 22.1. The first-order valence-electron chi connectivity index (χ1n) is 8.74. The highest BCUT2D eigenvalue weighted by molar-refractivity contribution is 5.65. The number of rotatable bonds is 6. The van der Waals surface area contributed by atoms with Gasteiger partial charge in [0.1, 0.15) is 0 Å². The summed E-state index contributed by atoms with van der Waals surface area (Å²) in [7, 11) is 2.55. The van der Waals surface area contributed by atoms with E-state index in [0.717, 1.165) is 22.9 Å². The van der Waals surface area contributed by atoms with Crippen molar-refractivity contribution in [2.45, 2.75) is 13.5 Å². The van der Waals surface area contributed by atoms with Crippen LogP contribution in [0.15, 0.2) is 29.2 Å². The summed E-state index contributed by atoms with van der Waals surface area (Å²) in [6.45, 7) is 1.03. The molecule has 0 fully saturated rings. The number of aromatic nitrogens is 2. The van der Waals surface area contributed by atoms with Crippen LogP contribution in [0.1, 0.15) is 11.1 Å². The minimum absolute atomic E-state index is 0.0341. The average molecular weight is 441 g/mol. The van der Waals surface area contributed by atoms with Gasteiger partial charge in [-0.3, -0.25) is 4.79 Å². The maximum atomic E-state index is 14.6. The Morgan fingerprint density at radius 3 is 2.19 bits per heavy atom.